The second-order valence-corrected chi connectivity index (χ2v) is 4.50. The van der Waals surface area contributed by atoms with Crippen LogP contribution in [0.4, 0.5) is 18.9 Å². The number of hydrogen-bond donors (Lipinski definition) is 1. The van der Waals surface area contributed by atoms with Crippen LogP contribution in [0.25, 0.3) is 0 Å². The topological polar surface area (TPSA) is 49.4 Å². The van der Waals surface area contributed by atoms with E-state index in [2.05, 4.69) is 0 Å². The number of anilines is 1. The van der Waals surface area contributed by atoms with Gasteiger partial charge in [0, 0.05) is 13.1 Å². The van der Waals surface area contributed by atoms with Crippen LogP contribution >= 0.6 is 0 Å². The standard InChI is InChI=1S/C13H13F3N2O2/c14-13(15,16)9-5-1-2-6-10(9)17-11(19)12(20)18-7-3-4-8-18/h1-2,5-6H,3-4,7-8H2,(H,17,19). The van der Waals surface area contributed by atoms with Gasteiger partial charge in [0.05, 0.1) is 11.3 Å². The number of rotatable bonds is 1. The van der Waals surface area contributed by atoms with Crippen molar-refractivity contribution < 1.29 is 22.8 Å². The molecule has 108 valence electrons. The molecular formula is C13H13F3N2O2. The minimum Gasteiger partial charge on any atom is -0.334 e. The third-order valence-electron chi connectivity index (χ3n) is 3.07. The quantitative estimate of drug-likeness (QED) is 0.805. The van der Waals surface area contributed by atoms with Crippen LogP contribution in [0.2, 0.25) is 0 Å². The summed E-state index contributed by atoms with van der Waals surface area (Å²) in [5, 5.41) is 2.04. The molecule has 1 aromatic rings. The lowest BCUT2D eigenvalue weighted by molar-refractivity contribution is -0.142. The van der Waals surface area contributed by atoms with Gasteiger partial charge in [-0.1, -0.05) is 12.1 Å². The largest absolute Gasteiger partial charge is 0.418 e. The maximum absolute atomic E-state index is 12.8. The van der Waals surface area contributed by atoms with Crippen molar-refractivity contribution in [2.24, 2.45) is 0 Å². The SMILES string of the molecule is O=C(Nc1ccccc1C(F)(F)F)C(=O)N1CCCC1. The molecule has 0 unspecified atom stereocenters. The number of amides is 2. The normalized spacial score (nSPS) is 15.2. The monoisotopic (exact) mass is 286 g/mol. The van der Waals surface area contributed by atoms with E-state index in [0.717, 1.165) is 25.0 Å². The molecular weight excluding hydrogens is 273 g/mol. The van der Waals surface area contributed by atoms with Crippen molar-refractivity contribution in [2.45, 2.75) is 19.0 Å². The van der Waals surface area contributed by atoms with Crippen LogP contribution in [0.5, 0.6) is 0 Å². The number of carbonyl (C=O) groups is 2. The summed E-state index contributed by atoms with van der Waals surface area (Å²) in [4.78, 5) is 24.8. The summed E-state index contributed by atoms with van der Waals surface area (Å²) in [7, 11) is 0. The molecule has 0 spiro atoms. The van der Waals surface area contributed by atoms with Gasteiger partial charge in [-0.05, 0) is 25.0 Å². The fourth-order valence-corrected chi connectivity index (χ4v) is 2.08. The molecule has 1 aliphatic rings. The summed E-state index contributed by atoms with van der Waals surface area (Å²) in [6.07, 6.45) is -2.98. The van der Waals surface area contributed by atoms with E-state index < -0.39 is 29.2 Å². The number of alkyl halides is 3. The first-order valence-corrected chi connectivity index (χ1v) is 6.16. The van der Waals surface area contributed by atoms with Crippen LogP contribution in [0.3, 0.4) is 0 Å². The maximum Gasteiger partial charge on any atom is 0.418 e. The molecule has 0 aromatic heterocycles. The molecule has 20 heavy (non-hydrogen) atoms. The van der Waals surface area contributed by atoms with E-state index in [4.69, 9.17) is 0 Å². The lowest BCUT2D eigenvalue weighted by atomic mass is 10.1. The smallest absolute Gasteiger partial charge is 0.334 e. The number of hydrogen-bond acceptors (Lipinski definition) is 2. The van der Waals surface area contributed by atoms with Crippen molar-refractivity contribution >= 4 is 17.5 Å². The number of likely N-dealkylation sites (tertiary alicyclic amines) is 1. The average Bonchev–Trinajstić information content (AvgIpc) is 2.91. The van der Waals surface area contributed by atoms with Crippen LogP contribution in [0.1, 0.15) is 18.4 Å². The molecule has 7 heteroatoms. The van der Waals surface area contributed by atoms with Gasteiger partial charge in [-0.2, -0.15) is 13.2 Å². The highest BCUT2D eigenvalue weighted by Crippen LogP contribution is 2.34. The molecule has 0 atom stereocenters. The number of nitrogens with one attached hydrogen (secondary N) is 1. The minimum atomic E-state index is -4.58. The van der Waals surface area contributed by atoms with Crippen LogP contribution in [0.15, 0.2) is 24.3 Å². The highest BCUT2D eigenvalue weighted by Gasteiger charge is 2.34. The molecule has 1 heterocycles. The zero-order valence-electron chi connectivity index (χ0n) is 10.5. The Morgan fingerprint density at radius 3 is 2.30 bits per heavy atom. The van der Waals surface area contributed by atoms with Gasteiger partial charge in [0.15, 0.2) is 0 Å². The van der Waals surface area contributed by atoms with Gasteiger partial charge in [-0.25, -0.2) is 0 Å². The van der Waals surface area contributed by atoms with Gasteiger partial charge >= 0.3 is 18.0 Å². The number of benzene rings is 1. The second-order valence-electron chi connectivity index (χ2n) is 4.50. The summed E-state index contributed by atoms with van der Waals surface area (Å²) < 4.78 is 38.3. The molecule has 1 aromatic carbocycles. The van der Waals surface area contributed by atoms with Gasteiger partial charge in [0.1, 0.15) is 0 Å². The molecule has 1 N–H and O–H groups in total. The Morgan fingerprint density at radius 1 is 1.10 bits per heavy atom. The molecule has 0 radical (unpaired) electrons. The van der Waals surface area contributed by atoms with E-state index in [1.165, 1.54) is 17.0 Å². The van der Waals surface area contributed by atoms with E-state index in [-0.39, 0.29) is 0 Å². The molecule has 1 saturated heterocycles. The highest BCUT2D eigenvalue weighted by atomic mass is 19.4. The summed E-state index contributed by atoms with van der Waals surface area (Å²) in [5.41, 5.74) is -1.37. The fourth-order valence-electron chi connectivity index (χ4n) is 2.08. The number of halogens is 3. The Morgan fingerprint density at radius 2 is 1.70 bits per heavy atom. The molecule has 2 amide bonds. The first kappa shape index (κ1) is 14.4. The van der Waals surface area contributed by atoms with E-state index in [1.54, 1.807) is 0 Å². The molecule has 4 nitrogen and oxygen atoms in total. The molecule has 0 saturated carbocycles. The zero-order chi connectivity index (χ0) is 14.8. The summed E-state index contributed by atoms with van der Waals surface area (Å²) in [5.74, 6) is -1.83. The Balaban J connectivity index is 2.14. The van der Waals surface area contributed by atoms with Crippen molar-refractivity contribution in [2.75, 3.05) is 18.4 Å². The predicted molar refractivity (Wildman–Crippen MR) is 65.9 cm³/mol. The Kier molecular flexibility index (Phi) is 3.96. The van der Waals surface area contributed by atoms with Crippen LogP contribution in [-0.2, 0) is 15.8 Å². The Labute approximate surface area is 113 Å². The molecule has 1 fully saturated rings. The lowest BCUT2D eigenvalue weighted by Gasteiger charge is -2.16. The van der Waals surface area contributed by atoms with Crippen LogP contribution in [-0.4, -0.2) is 29.8 Å². The van der Waals surface area contributed by atoms with E-state index in [1.807, 2.05) is 5.32 Å². The van der Waals surface area contributed by atoms with Crippen LogP contribution < -0.4 is 5.32 Å². The lowest BCUT2D eigenvalue weighted by Crippen LogP contribution is -2.38. The van der Waals surface area contributed by atoms with Gasteiger partial charge in [-0.15, -0.1) is 0 Å². The van der Waals surface area contributed by atoms with E-state index in [9.17, 15) is 22.8 Å². The highest BCUT2D eigenvalue weighted by molar-refractivity contribution is 6.39. The van der Waals surface area contributed by atoms with E-state index >= 15 is 0 Å². The van der Waals surface area contributed by atoms with Gasteiger partial charge < -0.3 is 10.2 Å². The number of carbonyl (C=O) groups excluding carboxylic acids is 2. The van der Waals surface area contributed by atoms with E-state index in [0.29, 0.717) is 13.1 Å². The van der Waals surface area contributed by atoms with Gasteiger partial charge in [-0.3, -0.25) is 9.59 Å². The molecule has 2 rings (SSSR count). The number of para-hydroxylation sites is 1. The van der Waals surface area contributed by atoms with Crippen molar-refractivity contribution in [3.05, 3.63) is 29.8 Å². The van der Waals surface area contributed by atoms with Crippen molar-refractivity contribution in [3.63, 3.8) is 0 Å². The predicted octanol–water partition coefficient (Wildman–Crippen LogP) is 2.27. The Bertz CT molecular complexity index is 523. The second kappa shape index (κ2) is 5.52. The average molecular weight is 286 g/mol. The van der Waals surface area contributed by atoms with Crippen molar-refractivity contribution in [1.29, 1.82) is 0 Å². The van der Waals surface area contributed by atoms with Crippen LogP contribution in [0, 0.1) is 0 Å². The minimum absolute atomic E-state index is 0.405. The van der Waals surface area contributed by atoms with Gasteiger partial charge in [0.25, 0.3) is 0 Å². The summed E-state index contributed by atoms with van der Waals surface area (Å²) >= 11 is 0. The maximum atomic E-state index is 12.8. The zero-order valence-corrected chi connectivity index (χ0v) is 10.5. The number of nitrogens with zero attached hydrogens (tertiary/aromatic N) is 1. The molecule has 1 aliphatic heterocycles. The summed E-state index contributed by atoms with van der Waals surface area (Å²) in [6, 6.07) is 4.57. The van der Waals surface area contributed by atoms with Crippen molar-refractivity contribution in [3.8, 4) is 0 Å². The third-order valence-corrected chi connectivity index (χ3v) is 3.07. The summed E-state index contributed by atoms with van der Waals surface area (Å²) in [6.45, 7) is 0.931. The molecule has 0 aliphatic carbocycles. The van der Waals surface area contributed by atoms with Gasteiger partial charge in [0.2, 0.25) is 0 Å². The molecule has 0 bridgehead atoms. The first-order chi connectivity index (χ1) is 9.39. The third kappa shape index (κ3) is 3.09. The first-order valence-electron chi connectivity index (χ1n) is 6.16. The van der Waals surface area contributed by atoms with Crippen molar-refractivity contribution in [1.82, 2.24) is 4.90 Å². The fraction of sp³-hybridized carbons (Fsp3) is 0.385. The Hall–Kier alpha value is -2.05.